The first-order valence-corrected chi connectivity index (χ1v) is 8.12. The molecule has 3 rings (SSSR count). The van der Waals surface area contributed by atoms with Crippen LogP contribution in [0.15, 0.2) is 24.3 Å². The zero-order valence-electron chi connectivity index (χ0n) is 13.5. The van der Waals surface area contributed by atoms with E-state index < -0.39 is 0 Å². The summed E-state index contributed by atoms with van der Waals surface area (Å²) in [5.41, 5.74) is 9.38. The minimum Gasteiger partial charge on any atom is -0.327 e. The summed E-state index contributed by atoms with van der Waals surface area (Å²) in [5.74, 6) is 0.652. The molecule has 0 amide bonds. The standard InChI is InChI=1S/C18H27N3/c1-18(2)10-8-13(9-11-18)15(19)12-16-14-6-4-5-7-17(14)21(3)20-16/h4-7,13,15H,8-12,19H2,1-3H3. The van der Waals surface area contributed by atoms with Gasteiger partial charge in [-0.15, -0.1) is 0 Å². The van der Waals surface area contributed by atoms with Gasteiger partial charge in [0.2, 0.25) is 0 Å². The highest BCUT2D eigenvalue weighted by Gasteiger charge is 2.30. The van der Waals surface area contributed by atoms with Crippen molar-refractivity contribution in [3.8, 4) is 0 Å². The lowest BCUT2D eigenvalue weighted by atomic mass is 9.70. The highest BCUT2D eigenvalue weighted by molar-refractivity contribution is 5.81. The van der Waals surface area contributed by atoms with Gasteiger partial charge in [-0.1, -0.05) is 32.0 Å². The minimum atomic E-state index is 0.236. The topological polar surface area (TPSA) is 43.8 Å². The van der Waals surface area contributed by atoms with Crippen LogP contribution < -0.4 is 5.73 Å². The Hall–Kier alpha value is -1.35. The summed E-state index contributed by atoms with van der Waals surface area (Å²) in [7, 11) is 2.01. The average molecular weight is 285 g/mol. The molecule has 0 radical (unpaired) electrons. The molecule has 3 nitrogen and oxygen atoms in total. The van der Waals surface area contributed by atoms with E-state index >= 15 is 0 Å². The smallest absolute Gasteiger partial charge is 0.0718 e. The molecule has 114 valence electrons. The molecule has 0 bridgehead atoms. The summed E-state index contributed by atoms with van der Waals surface area (Å²) >= 11 is 0. The van der Waals surface area contributed by atoms with Crippen LogP contribution in [0.1, 0.15) is 45.2 Å². The number of para-hydroxylation sites is 1. The molecule has 3 heteroatoms. The first-order valence-electron chi connectivity index (χ1n) is 8.12. The van der Waals surface area contributed by atoms with Gasteiger partial charge in [-0.25, -0.2) is 0 Å². The molecule has 1 saturated carbocycles. The lowest BCUT2D eigenvalue weighted by molar-refractivity contribution is 0.172. The van der Waals surface area contributed by atoms with E-state index in [1.54, 1.807) is 0 Å². The van der Waals surface area contributed by atoms with Crippen molar-refractivity contribution in [3.05, 3.63) is 30.0 Å². The Balaban J connectivity index is 1.73. The molecule has 0 saturated heterocycles. The van der Waals surface area contributed by atoms with Crippen LogP contribution in [-0.2, 0) is 13.5 Å². The molecule has 2 N–H and O–H groups in total. The van der Waals surface area contributed by atoms with E-state index in [4.69, 9.17) is 5.73 Å². The van der Waals surface area contributed by atoms with Crippen LogP contribution in [0, 0.1) is 11.3 Å². The Morgan fingerprint density at radius 3 is 2.67 bits per heavy atom. The molecule has 1 aliphatic carbocycles. The monoisotopic (exact) mass is 285 g/mol. The summed E-state index contributed by atoms with van der Waals surface area (Å²) in [6.07, 6.45) is 6.02. The van der Waals surface area contributed by atoms with Crippen LogP contribution in [0.5, 0.6) is 0 Å². The van der Waals surface area contributed by atoms with E-state index in [2.05, 4.69) is 43.2 Å². The maximum Gasteiger partial charge on any atom is 0.0718 e. The molecule has 1 aromatic carbocycles. The third-order valence-electron chi connectivity index (χ3n) is 5.25. The molecule has 1 heterocycles. The van der Waals surface area contributed by atoms with Crippen LogP contribution >= 0.6 is 0 Å². The molecule has 21 heavy (non-hydrogen) atoms. The SMILES string of the molecule is Cn1nc(CC(N)C2CCC(C)(C)CC2)c2ccccc21. The first kappa shape index (κ1) is 14.6. The second kappa shape index (κ2) is 5.45. The van der Waals surface area contributed by atoms with Crippen molar-refractivity contribution in [2.45, 2.75) is 52.0 Å². The molecular weight excluding hydrogens is 258 g/mol. The summed E-state index contributed by atoms with van der Waals surface area (Å²) in [4.78, 5) is 0. The molecule has 1 atom stereocenters. The van der Waals surface area contributed by atoms with Crippen molar-refractivity contribution >= 4 is 10.9 Å². The van der Waals surface area contributed by atoms with E-state index in [0.717, 1.165) is 12.1 Å². The van der Waals surface area contributed by atoms with Gasteiger partial charge in [-0.05, 0) is 43.1 Å². The van der Waals surface area contributed by atoms with Gasteiger partial charge in [0.25, 0.3) is 0 Å². The van der Waals surface area contributed by atoms with Crippen molar-refractivity contribution in [3.63, 3.8) is 0 Å². The van der Waals surface area contributed by atoms with Crippen LogP contribution in [0.25, 0.3) is 10.9 Å². The van der Waals surface area contributed by atoms with E-state index in [1.807, 2.05) is 11.7 Å². The number of nitrogens with two attached hydrogens (primary N) is 1. The number of aryl methyl sites for hydroxylation is 1. The van der Waals surface area contributed by atoms with Crippen LogP contribution in [-0.4, -0.2) is 15.8 Å². The fraction of sp³-hybridized carbons (Fsp3) is 0.611. The fourth-order valence-corrected chi connectivity index (χ4v) is 3.68. The molecule has 1 fully saturated rings. The quantitative estimate of drug-likeness (QED) is 0.935. The minimum absolute atomic E-state index is 0.236. The van der Waals surface area contributed by atoms with Gasteiger partial charge < -0.3 is 5.73 Å². The Bertz CT molecular complexity index is 616. The third kappa shape index (κ3) is 2.98. The molecule has 0 aliphatic heterocycles. The van der Waals surface area contributed by atoms with Crippen molar-refractivity contribution in [2.75, 3.05) is 0 Å². The van der Waals surface area contributed by atoms with Gasteiger partial charge in [0.05, 0.1) is 11.2 Å². The fourth-order valence-electron chi connectivity index (χ4n) is 3.68. The van der Waals surface area contributed by atoms with Crippen LogP contribution in [0.3, 0.4) is 0 Å². The van der Waals surface area contributed by atoms with Crippen LogP contribution in [0.4, 0.5) is 0 Å². The van der Waals surface area contributed by atoms with Crippen molar-refractivity contribution in [1.82, 2.24) is 9.78 Å². The van der Waals surface area contributed by atoms with Crippen molar-refractivity contribution in [2.24, 2.45) is 24.1 Å². The molecule has 1 unspecified atom stereocenters. The zero-order chi connectivity index (χ0) is 15.0. The first-order chi connectivity index (χ1) is 9.96. The Labute approximate surface area is 127 Å². The summed E-state index contributed by atoms with van der Waals surface area (Å²) in [6.45, 7) is 4.75. The van der Waals surface area contributed by atoms with E-state index in [9.17, 15) is 0 Å². The van der Waals surface area contributed by atoms with Gasteiger partial charge in [-0.2, -0.15) is 5.10 Å². The maximum atomic E-state index is 6.52. The highest BCUT2D eigenvalue weighted by Crippen LogP contribution is 2.39. The lowest BCUT2D eigenvalue weighted by Crippen LogP contribution is -2.36. The number of nitrogens with zero attached hydrogens (tertiary/aromatic N) is 2. The summed E-state index contributed by atoms with van der Waals surface area (Å²) in [6, 6.07) is 8.67. The number of rotatable bonds is 3. The average Bonchev–Trinajstić information content (AvgIpc) is 2.76. The molecule has 1 aromatic heterocycles. The maximum absolute atomic E-state index is 6.52. The summed E-state index contributed by atoms with van der Waals surface area (Å²) < 4.78 is 1.97. The van der Waals surface area contributed by atoms with Gasteiger partial charge in [-0.3, -0.25) is 4.68 Å². The Morgan fingerprint density at radius 2 is 1.95 bits per heavy atom. The Morgan fingerprint density at radius 1 is 1.29 bits per heavy atom. The lowest BCUT2D eigenvalue weighted by Gasteiger charge is -2.36. The normalized spacial score (nSPS) is 20.8. The van der Waals surface area contributed by atoms with Gasteiger partial charge in [0.15, 0.2) is 0 Å². The summed E-state index contributed by atoms with van der Waals surface area (Å²) in [5, 5.41) is 5.95. The zero-order valence-corrected chi connectivity index (χ0v) is 13.5. The van der Waals surface area contributed by atoms with Crippen LogP contribution in [0.2, 0.25) is 0 Å². The number of hydrogen-bond acceptors (Lipinski definition) is 2. The molecule has 2 aromatic rings. The molecule has 0 spiro atoms. The number of benzene rings is 1. The molecule has 1 aliphatic rings. The second-order valence-electron chi connectivity index (χ2n) is 7.46. The van der Waals surface area contributed by atoms with E-state index in [-0.39, 0.29) is 6.04 Å². The van der Waals surface area contributed by atoms with Crippen molar-refractivity contribution < 1.29 is 0 Å². The van der Waals surface area contributed by atoms with Gasteiger partial charge in [0.1, 0.15) is 0 Å². The number of aromatic nitrogens is 2. The third-order valence-corrected chi connectivity index (χ3v) is 5.25. The highest BCUT2D eigenvalue weighted by atomic mass is 15.3. The predicted octanol–water partition coefficient (Wildman–Crippen LogP) is 3.66. The van der Waals surface area contributed by atoms with Crippen molar-refractivity contribution in [1.29, 1.82) is 0 Å². The molecular formula is C18H27N3. The van der Waals surface area contributed by atoms with E-state index in [0.29, 0.717) is 11.3 Å². The van der Waals surface area contributed by atoms with E-state index in [1.165, 1.54) is 36.6 Å². The Kier molecular flexibility index (Phi) is 3.78. The van der Waals surface area contributed by atoms with Gasteiger partial charge in [0, 0.05) is 24.9 Å². The second-order valence-corrected chi connectivity index (χ2v) is 7.46. The number of hydrogen-bond donors (Lipinski definition) is 1. The van der Waals surface area contributed by atoms with Gasteiger partial charge >= 0.3 is 0 Å². The number of fused-ring (bicyclic) bond motifs is 1. The largest absolute Gasteiger partial charge is 0.327 e. The predicted molar refractivity (Wildman–Crippen MR) is 88.1 cm³/mol.